The number of fused-ring (bicyclic) bond motifs is 9. The molecule has 12 rings (SSSR count). The van der Waals surface area contributed by atoms with E-state index in [9.17, 15) is 15.1 Å². The zero-order valence-corrected chi connectivity index (χ0v) is 29.9. The van der Waals surface area contributed by atoms with Crippen LogP contribution in [0.1, 0.15) is 32.9 Å². The molecule has 57 heavy (non-hydrogen) atoms. The number of benzene rings is 9. The Labute approximate surface area is 367 Å². The molecule has 12 aromatic rings. The maximum Gasteiger partial charge on any atom is 0.0660 e. The van der Waals surface area contributed by atoms with Crippen LogP contribution in [0.2, 0.25) is 0 Å². The highest BCUT2D eigenvalue weighted by Crippen LogP contribution is 2.42. The molecule has 0 fully saturated rings. The lowest BCUT2D eigenvalue weighted by Crippen LogP contribution is -1.95. The first kappa shape index (κ1) is 16.5. The van der Waals surface area contributed by atoms with Crippen LogP contribution < -0.4 is 0 Å². The molecule has 0 spiro atoms. The lowest BCUT2D eigenvalue weighted by Gasteiger charge is -2.12. The third kappa shape index (κ3) is 5.03. The zero-order chi connectivity index (χ0) is 58.3. The van der Waals surface area contributed by atoms with Crippen LogP contribution in [0.15, 0.2) is 206 Å². The van der Waals surface area contributed by atoms with Gasteiger partial charge in [-0.2, -0.15) is 0 Å². The van der Waals surface area contributed by atoms with Gasteiger partial charge in [0.1, 0.15) is 0 Å². The summed E-state index contributed by atoms with van der Waals surface area (Å²) in [7, 11) is 0. The second-order valence-electron chi connectivity index (χ2n) is 13.0. The summed E-state index contributed by atoms with van der Waals surface area (Å²) in [5, 5.41) is -1.20. The summed E-state index contributed by atoms with van der Waals surface area (Å²) in [5.74, 6) is 0. The molecule has 0 aliphatic heterocycles. The molecule has 3 heteroatoms. The van der Waals surface area contributed by atoms with Crippen molar-refractivity contribution in [1.29, 1.82) is 0 Å². The van der Waals surface area contributed by atoms with Gasteiger partial charge in [-0.05, 0) is 82.3 Å². The van der Waals surface area contributed by atoms with Gasteiger partial charge in [-0.3, -0.25) is 0 Å². The Bertz CT molecular complexity index is 4880. The average Bonchev–Trinajstić information content (AvgIpc) is 4.26. The van der Waals surface area contributed by atoms with Crippen molar-refractivity contribution in [3.05, 3.63) is 206 Å². The van der Waals surface area contributed by atoms with Crippen molar-refractivity contribution in [2.45, 2.75) is 0 Å². The fraction of sp³-hybridized carbons (Fsp3) is 0. The van der Waals surface area contributed by atoms with Crippen molar-refractivity contribution >= 4 is 75.1 Å². The van der Waals surface area contributed by atoms with Crippen LogP contribution in [0.5, 0.6) is 0 Å². The number of rotatable bonds is 5. The molecule has 3 aromatic heterocycles. The Hall–Kier alpha value is -7.20. The van der Waals surface area contributed by atoms with E-state index < -0.39 is 150 Å². The van der Waals surface area contributed by atoms with Crippen molar-refractivity contribution < 1.29 is 32.9 Å². The van der Waals surface area contributed by atoms with Crippen molar-refractivity contribution in [3.8, 4) is 44.8 Å². The molecule has 0 aliphatic rings. The van der Waals surface area contributed by atoms with E-state index in [0.717, 1.165) is 4.57 Å². The van der Waals surface area contributed by atoms with E-state index in [0.29, 0.717) is 17.0 Å². The van der Waals surface area contributed by atoms with Gasteiger partial charge in [-0.15, -0.1) is 11.3 Å². The lowest BCUT2D eigenvalue weighted by atomic mass is 9.99. The number of thiophene rings is 1. The predicted octanol–water partition coefficient (Wildman–Crippen LogP) is 15.2. The Morgan fingerprint density at radius 1 is 0.351 bits per heavy atom. The van der Waals surface area contributed by atoms with Crippen LogP contribution in [0, 0.1) is 0 Å². The third-order valence-corrected chi connectivity index (χ3v) is 10.8. The van der Waals surface area contributed by atoms with Crippen LogP contribution in [-0.4, -0.2) is 9.13 Å². The molecule has 0 unspecified atom stereocenters. The summed E-state index contributed by atoms with van der Waals surface area (Å²) >= 11 is 0.679. The zero-order valence-electron chi connectivity index (χ0n) is 53.1. The maximum atomic E-state index is 10.1. The minimum atomic E-state index is -0.762. The molecule has 0 aliphatic carbocycles. The van der Waals surface area contributed by atoms with Crippen LogP contribution >= 0.6 is 11.3 Å². The molecule has 0 N–H and O–H groups in total. The molecular weight excluding hydrogens is 709 g/mol. The predicted molar refractivity (Wildman–Crippen MR) is 244 cm³/mol. The van der Waals surface area contributed by atoms with Gasteiger partial charge in [0.2, 0.25) is 0 Å². The van der Waals surface area contributed by atoms with E-state index in [-0.39, 0.29) is 98.1 Å². The van der Waals surface area contributed by atoms with Crippen molar-refractivity contribution in [2.24, 2.45) is 0 Å². The maximum absolute atomic E-state index is 10.1. The van der Waals surface area contributed by atoms with Crippen molar-refractivity contribution in [2.75, 3.05) is 0 Å². The van der Waals surface area contributed by atoms with Crippen LogP contribution in [0.4, 0.5) is 0 Å². The van der Waals surface area contributed by atoms with Gasteiger partial charge in [-0.25, -0.2) is 0 Å². The first-order valence-corrected chi connectivity index (χ1v) is 18.4. The monoisotopic (exact) mass is 766 g/mol. The molecule has 266 valence electrons. The quantitative estimate of drug-likeness (QED) is 0.165. The lowest BCUT2D eigenvalue weighted by molar-refractivity contribution is 1.18. The van der Waals surface area contributed by atoms with Crippen molar-refractivity contribution in [3.63, 3.8) is 0 Å². The molecule has 0 amide bonds. The Balaban J connectivity index is 1.17. The van der Waals surface area contributed by atoms with E-state index >= 15 is 0 Å². The van der Waals surface area contributed by atoms with Gasteiger partial charge in [0.15, 0.2) is 0 Å². The Kier molecular flexibility index (Phi) is 3.67. The standard InChI is InChI=1S/C54H34N2S/c1-3-12-35(13-4-1)36-22-24-37(25-23-36)38-26-29-45-46-30-28-41(34-53(46)57-52(45)33-38)55-49-20-9-8-17-44(49)48-32-39(27-31-51(48)55)42-18-11-19-47-43-16-7-10-21-50(43)56(54(42)47)40-14-5-2-6-15-40/h1-34H/i3D,4D,7D,8D,9D,10D,11D,16D,17D,19D,20D,21D,22D,23D,24D,25D,26D,27D,28D,29D,30D,32D,33D,34D. The summed E-state index contributed by atoms with van der Waals surface area (Å²) < 4.78 is 221. The van der Waals surface area contributed by atoms with E-state index in [1.807, 2.05) is 0 Å². The highest BCUT2D eigenvalue weighted by Gasteiger charge is 2.19. The van der Waals surface area contributed by atoms with E-state index in [4.69, 9.17) is 17.8 Å². The number of para-hydroxylation sites is 4. The normalized spacial score (nSPS) is 17.8. The van der Waals surface area contributed by atoms with Crippen LogP contribution in [0.3, 0.4) is 0 Å². The fourth-order valence-corrected chi connectivity index (χ4v) is 8.31. The summed E-state index contributed by atoms with van der Waals surface area (Å²) in [6.07, 6.45) is 0. The minimum absolute atomic E-state index is 0.0165. The molecule has 0 saturated heterocycles. The number of hydrogen-bond donors (Lipinski definition) is 0. The molecule has 0 atom stereocenters. The van der Waals surface area contributed by atoms with Gasteiger partial charge in [0.05, 0.1) is 55.0 Å². The Morgan fingerprint density at radius 3 is 1.79 bits per heavy atom. The first-order chi connectivity index (χ1) is 38.2. The highest BCUT2D eigenvalue weighted by molar-refractivity contribution is 7.25. The molecule has 0 bridgehead atoms. The second-order valence-corrected chi connectivity index (χ2v) is 14.0. The summed E-state index contributed by atoms with van der Waals surface area (Å²) in [6.45, 7) is 0. The topological polar surface area (TPSA) is 9.86 Å². The summed E-state index contributed by atoms with van der Waals surface area (Å²) in [5.41, 5.74) is -2.28. The van der Waals surface area contributed by atoms with Gasteiger partial charge in [0, 0.05) is 58.7 Å². The second kappa shape index (κ2) is 12.7. The number of nitrogens with zero attached hydrogens (tertiary/aromatic N) is 2. The van der Waals surface area contributed by atoms with Crippen LogP contribution in [0.25, 0.3) is 109 Å². The van der Waals surface area contributed by atoms with E-state index in [1.54, 1.807) is 30.3 Å². The van der Waals surface area contributed by atoms with Gasteiger partial charge in [0.25, 0.3) is 0 Å². The van der Waals surface area contributed by atoms with Crippen molar-refractivity contribution in [1.82, 2.24) is 9.13 Å². The Morgan fingerprint density at radius 2 is 1.00 bits per heavy atom. The highest BCUT2D eigenvalue weighted by atomic mass is 32.1. The average molecular weight is 767 g/mol. The smallest absolute Gasteiger partial charge is 0.0660 e. The number of hydrogen-bond acceptors (Lipinski definition) is 1. The fourth-order valence-electron chi connectivity index (χ4n) is 7.30. The molecular formula is C54H34N2S. The number of aromatic nitrogens is 2. The molecule has 0 radical (unpaired) electrons. The van der Waals surface area contributed by atoms with E-state index in [1.165, 1.54) is 34.9 Å². The SMILES string of the molecule is [2H]c1cc([2H])cc(-c2c([2H])c([2H])c(-c3c([2H])c([2H])c4c(sc5c([2H])c(-n6c7cc([2H])c(-c8cc([2H])c([2H])c9c%10c([2H])c([2H])c([2H])c([2H])c%10n(-c%10ccccc%10)c89)c([2H])c7c7c([2H])c([2H])c([2H])c([2H])c76)c([2H])c([2H])c54)c3[2H])c([2H])c2[2H])c1. The molecule has 0 saturated carbocycles. The largest absolute Gasteiger partial charge is 0.309 e. The molecule has 9 aromatic carbocycles. The van der Waals surface area contributed by atoms with Gasteiger partial charge >= 0.3 is 0 Å². The first-order valence-electron chi connectivity index (χ1n) is 29.5. The molecule has 3 heterocycles. The summed E-state index contributed by atoms with van der Waals surface area (Å²) in [4.78, 5) is 0. The molecule has 2 nitrogen and oxygen atoms in total. The van der Waals surface area contributed by atoms with Crippen LogP contribution in [-0.2, 0) is 0 Å². The minimum Gasteiger partial charge on any atom is -0.309 e. The van der Waals surface area contributed by atoms with Gasteiger partial charge < -0.3 is 9.13 Å². The van der Waals surface area contributed by atoms with E-state index in [2.05, 4.69) is 0 Å². The van der Waals surface area contributed by atoms with Gasteiger partial charge in [-0.1, -0.05) is 151 Å². The summed E-state index contributed by atoms with van der Waals surface area (Å²) in [6, 6.07) is 0.683. The third-order valence-electron chi connectivity index (χ3n) is 9.82.